The summed E-state index contributed by atoms with van der Waals surface area (Å²) in [5, 5.41) is 14.2. The third kappa shape index (κ3) is 6.04. The number of rotatable bonds is 11. The zero-order valence-electron chi connectivity index (χ0n) is 25.0. The second-order valence-corrected chi connectivity index (χ2v) is 11.4. The summed E-state index contributed by atoms with van der Waals surface area (Å²) < 4.78 is 1.82. The second-order valence-electron chi connectivity index (χ2n) is 11.4. The molecule has 3 fully saturated rings. The highest BCUT2D eigenvalue weighted by atomic mass is 15.4. The first-order valence-electron chi connectivity index (χ1n) is 14.4. The Morgan fingerprint density at radius 3 is 2.61 bits per heavy atom. The lowest BCUT2D eigenvalue weighted by atomic mass is 9.87. The number of likely N-dealkylation sites (N-methyl/N-ethyl adjacent to an activating group) is 2. The molecule has 0 radical (unpaired) electrons. The van der Waals surface area contributed by atoms with Crippen molar-refractivity contribution in [2.45, 2.75) is 38.8 Å². The van der Waals surface area contributed by atoms with E-state index in [4.69, 9.17) is 4.98 Å². The molecule has 0 amide bonds. The van der Waals surface area contributed by atoms with E-state index < -0.39 is 0 Å². The van der Waals surface area contributed by atoms with Crippen LogP contribution in [0.4, 0.5) is 11.5 Å². The molecule has 2 bridgehead atoms. The highest BCUT2D eigenvalue weighted by Gasteiger charge is 2.44. The number of piperidine rings is 1. The Hall–Kier alpha value is -4.00. The van der Waals surface area contributed by atoms with E-state index >= 15 is 0 Å². The summed E-state index contributed by atoms with van der Waals surface area (Å²) >= 11 is 0. The SMILES string of the molecule is C=C(/C=N\C(=C/C)CC)CN1C2CC1CN(c1ccc(-c3cc(N(C)CCN(C)C)cn4ncc(C#N)c34)cn1)C2. The lowest BCUT2D eigenvalue weighted by Gasteiger charge is -2.56. The summed E-state index contributed by atoms with van der Waals surface area (Å²) in [4.78, 5) is 18.8. The number of nitrogens with zero attached hydrogens (tertiary/aromatic N) is 9. The molecule has 41 heavy (non-hydrogen) atoms. The van der Waals surface area contributed by atoms with Crippen molar-refractivity contribution in [3.63, 3.8) is 0 Å². The first-order chi connectivity index (χ1) is 19.8. The molecule has 6 rings (SSSR count). The third-order valence-corrected chi connectivity index (χ3v) is 8.26. The van der Waals surface area contributed by atoms with Crippen LogP contribution in [-0.4, -0.2) is 96.6 Å². The topological polar surface area (TPSA) is 79.3 Å². The number of piperazine rings is 1. The Kier molecular flexibility index (Phi) is 8.52. The maximum Gasteiger partial charge on any atom is 0.128 e. The minimum atomic E-state index is 0.506. The van der Waals surface area contributed by atoms with Crippen molar-refractivity contribution < 1.29 is 0 Å². The van der Waals surface area contributed by atoms with Gasteiger partial charge in [-0.25, -0.2) is 9.50 Å². The molecule has 0 saturated carbocycles. The van der Waals surface area contributed by atoms with Crippen LogP contribution in [-0.2, 0) is 0 Å². The Labute approximate surface area is 243 Å². The van der Waals surface area contributed by atoms with Crippen molar-refractivity contribution in [3.05, 3.63) is 66.3 Å². The zero-order chi connectivity index (χ0) is 29.1. The molecule has 3 aliphatic rings. The van der Waals surface area contributed by atoms with Crippen molar-refractivity contribution in [3.8, 4) is 17.2 Å². The van der Waals surface area contributed by atoms with Crippen LogP contribution in [0.25, 0.3) is 16.6 Å². The van der Waals surface area contributed by atoms with Crippen molar-refractivity contribution in [1.29, 1.82) is 5.26 Å². The number of allylic oxidation sites excluding steroid dienone is 2. The fourth-order valence-electron chi connectivity index (χ4n) is 5.78. The number of nitriles is 1. The van der Waals surface area contributed by atoms with E-state index in [0.29, 0.717) is 17.6 Å². The Balaban J connectivity index is 1.30. The minimum absolute atomic E-state index is 0.506. The highest BCUT2D eigenvalue weighted by molar-refractivity contribution is 5.86. The smallest absolute Gasteiger partial charge is 0.128 e. The largest absolute Gasteiger partial charge is 0.372 e. The van der Waals surface area contributed by atoms with Gasteiger partial charge in [-0.1, -0.05) is 19.6 Å². The molecule has 0 spiro atoms. The van der Waals surface area contributed by atoms with Gasteiger partial charge < -0.3 is 14.7 Å². The molecule has 2 atom stereocenters. The number of aromatic nitrogens is 3. The van der Waals surface area contributed by atoms with Gasteiger partial charge in [0, 0.05) is 81.1 Å². The molecule has 214 valence electrons. The van der Waals surface area contributed by atoms with Crippen LogP contribution in [0.15, 0.2) is 65.7 Å². The Morgan fingerprint density at radius 1 is 1.20 bits per heavy atom. The van der Waals surface area contributed by atoms with Gasteiger partial charge in [0.05, 0.1) is 29.2 Å². The average Bonchev–Trinajstić information content (AvgIpc) is 3.42. The predicted molar refractivity (Wildman–Crippen MR) is 168 cm³/mol. The van der Waals surface area contributed by atoms with Gasteiger partial charge in [-0.2, -0.15) is 10.4 Å². The van der Waals surface area contributed by atoms with Crippen LogP contribution < -0.4 is 9.80 Å². The molecule has 9 heteroatoms. The van der Waals surface area contributed by atoms with Crippen LogP contribution >= 0.6 is 0 Å². The van der Waals surface area contributed by atoms with Gasteiger partial charge in [-0.3, -0.25) is 9.89 Å². The number of hydrogen-bond donors (Lipinski definition) is 0. The van der Waals surface area contributed by atoms with Gasteiger partial charge in [-0.15, -0.1) is 0 Å². The van der Waals surface area contributed by atoms with Crippen LogP contribution in [0.2, 0.25) is 0 Å². The van der Waals surface area contributed by atoms with E-state index in [-0.39, 0.29) is 0 Å². The van der Waals surface area contributed by atoms with Gasteiger partial charge in [-0.05, 0) is 57.6 Å². The molecule has 9 nitrogen and oxygen atoms in total. The Morgan fingerprint density at radius 2 is 1.98 bits per heavy atom. The molecule has 3 saturated heterocycles. The van der Waals surface area contributed by atoms with Crippen molar-refractivity contribution in [2.75, 3.05) is 63.7 Å². The maximum atomic E-state index is 9.76. The summed E-state index contributed by atoms with van der Waals surface area (Å²) in [5.41, 5.74) is 6.51. The van der Waals surface area contributed by atoms with Gasteiger partial charge in [0.2, 0.25) is 0 Å². The average molecular weight is 552 g/mol. The first-order valence-corrected chi connectivity index (χ1v) is 14.4. The van der Waals surface area contributed by atoms with Gasteiger partial charge in [0.25, 0.3) is 0 Å². The summed E-state index contributed by atoms with van der Waals surface area (Å²) in [6, 6.07) is 9.70. The fraction of sp³-hybridized carbons (Fsp3) is 0.438. The lowest BCUT2D eigenvalue weighted by Crippen LogP contribution is -2.69. The molecule has 2 unspecified atom stereocenters. The number of aliphatic imine (C=N–C) groups is 1. The predicted octanol–water partition coefficient (Wildman–Crippen LogP) is 4.47. The second kappa shape index (κ2) is 12.2. The summed E-state index contributed by atoms with van der Waals surface area (Å²) in [6.45, 7) is 13.0. The molecule has 0 aromatic carbocycles. The quantitative estimate of drug-likeness (QED) is 0.325. The van der Waals surface area contributed by atoms with Crippen LogP contribution in [0, 0.1) is 11.3 Å². The molecule has 0 N–H and O–H groups in total. The molecular formula is C32H41N9. The molecule has 3 aliphatic heterocycles. The number of anilines is 2. The zero-order valence-corrected chi connectivity index (χ0v) is 25.0. The van der Waals surface area contributed by atoms with E-state index in [9.17, 15) is 5.26 Å². The fourth-order valence-corrected chi connectivity index (χ4v) is 5.78. The van der Waals surface area contributed by atoms with Crippen LogP contribution in [0.3, 0.4) is 0 Å². The number of fused-ring (bicyclic) bond motifs is 3. The summed E-state index contributed by atoms with van der Waals surface area (Å²) in [6.07, 6.45) is 11.7. The van der Waals surface area contributed by atoms with Crippen molar-refractivity contribution in [2.24, 2.45) is 4.99 Å². The van der Waals surface area contributed by atoms with Crippen molar-refractivity contribution >= 4 is 23.2 Å². The number of pyridine rings is 2. The molecule has 0 aliphatic carbocycles. The maximum absolute atomic E-state index is 9.76. The lowest BCUT2D eigenvalue weighted by molar-refractivity contribution is 0.00946. The monoisotopic (exact) mass is 551 g/mol. The van der Waals surface area contributed by atoms with Gasteiger partial charge in [0.1, 0.15) is 11.9 Å². The van der Waals surface area contributed by atoms with E-state index in [1.807, 2.05) is 30.0 Å². The number of hydrogen-bond acceptors (Lipinski definition) is 8. The van der Waals surface area contributed by atoms with Gasteiger partial charge >= 0.3 is 0 Å². The molecule has 6 heterocycles. The molecule has 3 aromatic heterocycles. The Bertz CT molecular complexity index is 1480. The van der Waals surface area contributed by atoms with E-state index in [0.717, 1.165) is 78.6 Å². The van der Waals surface area contributed by atoms with Crippen LogP contribution in [0.1, 0.15) is 32.3 Å². The van der Waals surface area contributed by atoms with Crippen LogP contribution in [0.5, 0.6) is 0 Å². The summed E-state index contributed by atoms with van der Waals surface area (Å²) in [5.74, 6) is 0.994. The van der Waals surface area contributed by atoms with E-state index in [1.165, 1.54) is 6.42 Å². The normalized spacial score (nSPS) is 19.1. The molecule has 3 aromatic rings. The highest BCUT2D eigenvalue weighted by Crippen LogP contribution is 2.36. The molecular weight excluding hydrogens is 510 g/mol. The van der Waals surface area contributed by atoms with Gasteiger partial charge in [0.15, 0.2) is 0 Å². The minimum Gasteiger partial charge on any atom is -0.372 e. The van der Waals surface area contributed by atoms with Crippen molar-refractivity contribution in [1.82, 2.24) is 24.4 Å². The summed E-state index contributed by atoms with van der Waals surface area (Å²) in [7, 11) is 6.24. The standard InChI is InChI=1S/C32H41N9/c1-7-26(8-2)34-16-23(3)19-40-28-13-29(40)21-39(20-28)31-10-9-24(17-35-31)30-14-27(38(6)12-11-37(4)5)22-41-32(30)25(15-33)18-36-41/h7,9-10,14,16-18,22,28-29H,3,8,11-13,19-21H2,1-2,4-6H3/b26-7-,34-16-. The third-order valence-electron chi connectivity index (χ3n) is 8.26. The first kappa shape index (κ1) is 28.5. The van der Waals surface area contributed by atoms with E-state index in [1.54, 1.807) is 6.20 Å². The van der Waals surface area contributed by atoms with E-state index in [2.05, 4.69) is 94.7 Å².